The van der Waals surface area contributed by atoms with Crippen molar-refractivity contribution in [3.63, 3.8) is 0 Å². The molecule has 0 radical (unpaired) electrons. The molecule has 6 N–H and O–H groups in total. The van der Waals surface area contributed by atoms with Gasteiger partial charge in [-0.1, -0.05) is 6.07 Å². The maximum absolute atomic E-state index is 13.0. The fourth-order valence-corrected chi connectivity index (χ4v) is 4.24. The zero-order valence-corrected chi connectivity index (χ0v) is 17.8. The van der Waals surface area contributed by atoms with Crippen LogP contribution in [0.1, 0.15) is 0 Å². The molecule has 0 heterocycles. The molecule has 0 bridgehead atoms. The molecule has 0 spiro atoms. The zero-order valence-electron chi connectivity index (χ0n) is 16.9. The maximum atomic E-state index is 13.0. The molecule has 0 atom stereocenters. The Morgan fingerprint density at radius 1 is 0.531 bits per heavy atom. The number of ether oxygens (including phenoxy) is 2. The van der Waals surface area contributed by atoms with E-state index in [0.29, 0.717) is 40.1 Å². The van der Waals surface area contributed by atoms with Gasteiger partial charge in [0, 0.05) is 17.8 Å². The first kappa shape index (κ1) is 21.1. The zero-order chi connectivity index (χ0) is 22.7. The van der Waals surface area contributed by atoms with E-state index in [1.807, 2.05) is 0 Å². The largest absolute Gasteiger partial charge is 0.457 e. The highest BCUT2D eigenvalue weighted by molar-refractivity contribution is 7.91. The predicted octanol–water partition coefficient (Wildman–Crippen LogP) is 4.85. The Morgan fingerprint density at radius 2 is 1.03 bits per heavy atom. The molecule has 0 unspecified atom stereocenters. The van der Waals surface area contributed by atoms with Crippen LogP contribution in [0.4, 0.5) is 17.1 Å². The first-order valence-electron chi connectivity index (χ1n) is 9.63. The second-order valence-electron chi connectivity index (χ2n) is 7.01. The van der Waals surface area contributed by atoms with Crippen LogP contribution >= 0.6 is 0 Å². The Kier molecular flexibility index (Phi) is 5.61. The number of benzene rings is 4. The second-order valence-corrected chi connectivity index (χ2v) is 8.96. The van der Waals surface area contributed by atoms with E-state index < -0.39 is 9.84 Å². The Bertz CT molecular complexity index is 1350. The molecule has 0 saturated heterocycles. The van der Waals surface area contributed by atoms with Gasteiger partial charge < -0.3 is 26.7 Å². The molecule has 0 aliphatic carbocycles. The van der Waals surface area contributed by atoms with E-state index >= 15 is 0 Å². The third-order valence-electron chi connectivity index (χ3n) is 4.66. The van der Waals surface area contributed by atoms with Gasteiger partial charge in [0.2, 0.25) is 9.84 Å². The lowest BCUT2D eigenvalue weighted by Crippen LogP contribution is -2.02. The molecule has 4 aromatic carbocycles. The second kappa shape index (κ2) is 8.52. The van der Waals surface area contributed by atoms with E-state index in [1.165, 1.54) is 24.3 Å². The smallest absolute Gasteiger partial charge is 0.206 e. The summed E-state index contributed by atoms with van der Waals surface area (Å²) in [7, 11) is -3.70. The van der Waals surface area contributed by atoms with Crippen LogP contribution in [0.3, 0.4) is 0 Å². The highest BCUT2D eigenvalue weighted by Gasteiger charge is 2.18. The number of hydrogen-bond donors (Lipinski definition) is 3. The molecular weight excluding hydrogens is 426 g/mol. The van der Waals surface area contributed by atoms with E-state index in [1.54, 1.807) is 66.7 Å². The minimum absolute atomic E-state index is 0.145. The molecule has 0 aromatic heterocycles. The summed E-state index contributed by atoms with van der Waals surface area (Å²) in [6.45, 7) is 0. The molecule has 4 rings (SSSR count). The number of anilines is 3. The predicted molar refractivity (Wildman–Crippen MR) is 125 cm³/mol. The summed E-state index contributed by atoms with van der Waals surface area (Å²) in [5.74, 6) is 2.04. The normalized spacial score (nSPS) is 11.1. The van der Waals surface area contributed by atoms with Gasteiger partial charge in [-0.3, -0.25) is 0 Å². The first-order valence-corrected chi connectivity index (χ1v) is 11.1. The van der Waals surface area contributed by atoms with Crippen LogP contribution in [0.5, 0.6) is 23.0 Å². The molecule has 32 heavy (non-hydrogen) atoms. The average Bonchev–Trinajstić information content (AvgIpc) is 2.77. The summed E-state index contributed by atoms with van der Waals surface area (Å²) in [4.78, 5) is 0.295. The highest BCUT2D eigenvalue weighted by Crippen LogP contribution is 2.30. The van der Waals surface area contributed by atoms with Crippen molar-refractivity contribution < 1.29 is 17.9 Å². The maximum Gasteiger partial charge on any atom is 0.206 e. The van der Waals surface area contributed by atoms with Crippen LogP contribution < -0.4 is 26.7 Å². The van der Waals surface area contributed by atoms with E-state index in [2.05, 4.69) is 0 Å². The van der Waals surface area contributed by atoms with Crippen LogP contribution in [-0.2, 0) is 9.84 Å². The van der Waals surface area contributed by atoms with Crippen molar-refractivity contribution in [1.82, 2.24) is 0 Å². The monoisotopic (exact) mass is 447 g/mol. The van der Waals surface area contributed by atoms with E-state index in [9.17, 15) is 8.42 Å². The summed E-state index contributed by atoms with van der Waals surface area (Å²) in [5, 5.41) is 0. The van der Waals surface area contributed by atoms with Crippen LogP contribution in [-0.4, -0.2) is 8.42 Å². The Morgan fingerprint density at radius 3 is 1.53 bits per heavy atom. The van der Waals surface area contributed by atoms with Gasteiger partial charge in [-0.15, -0.1) is 0 Å². The van der Waals surface area contributed by atoms with Crippen LogP contribution in [0, 0.1) is 0 Å². The number of nitrogens with two attached hydrogens (primary N) is 3. The van der Waals surface area contributed by atoms with Crippen molar-refractivity contribution in [3.8, 4) is 23.0 Å². The van der Waals surface area contributed by atoms with E-state index in [-0.39, 0.29) is 9.79 Å². The van der Waals surface area contributed by atoms with Crippen molar-refractivity contribution >= 4 is 26.9 Å². The van der Waals surface area contributed by atoms with Crippen molar-refractivity contribution in [2.75, 3.05) is 17.2 Å². The summed E-state index contributed by atoms with van der Waals surface area (Å²) in [6.07, 6.45) is 0. The summed E-state index contributed by atoms with van der Waals surface area (Å²) in [6, 6.07) is 24.2. The summed E-state index contributed by atoms with van der Waals surface area (Å²) >= 11 is 0. The van der Waals surface area contributed by atoms with Gasteiger partial charge in [0.25, 0.3) is 0 Å². The van der Waals surface area contributed by atoms with Crippen molar-refractivity contribution in [2.45, 2.75) is 9.79 Å². The topological polar surface area (TPSA) is 131 Å². The molecule has 7 nitrogen and oxygen atoms in total. The Labute approximate surface area is 185 Å². The van der Waals surface area contributed by atoms with E-state index in [4.69, 9.17) is 26.7 Å². The summed E-state index contributed by atoms with van der Waals surface area (Å²) < 4.78 is 37.4. The molecule has 0 saturated carbocycles. The number of hydrogen-bond acceptors (Lipinski definition) is 7. The third kappa shape index (κ3) is 4.60. The van der Waals surface area contributed by atoms with E-state index in [0.717, 1.165) is 0 Å². The number of nitrogen functional groups attached to an aromatic ring is 3. The van der Waals surface area contributed by atoms with Crippen molar-refractivity contribution in [2.24, 2.45) is 0 Å². The standard InChI is InChI=1S/C24H21N3O4S/c25-16-2-1-3-19(14-16)30-17-4-9-21(10-5-17)32(28,29)22-11-6-18(7-12-22)31-20-8-13-23(26)24(27)15-20/h1-15H,25-27H2. The summed E-state index contributed by atoms with van der Waals surface area (Å²) in [5.41, 5.74) is 18.7. The molecule has 0 amide bonds. The van der Waals surface area contributed by atoms with Crippen LogP contribution in [0.2, 0.25) is 0 Å². The van der Waals surface area contributed by atoms with Gasteiger partial charge in [0.05, 0.1) is 21.2 Å². The average molecular weight is 448 g/mol. The quantitative estimate of drug-likeness (QED) is 0.360. The van der Waals surface area contributed by atoms with Crippen LogP contribution in [0.15, 0.2) is 101 Å². The van der Waals surface area contributed by atoms with Gasteiger partial charge in [0.1, 0.15) is 23.0 Å². The lowest BCUT2D eigenvalue weighted by Gasteiger charge is -2.10. The van der Waals surface area contributed by atoms with Gasteiger partial charge >= 0.3 is 0 Å². The molecule has 4 aromatic rings. The molecular formula is C24H21N3O4S. The fraction of sp³-hybridized carbons (Fsp3) is 0. The number of rotatable bonds is 6. The van der Waals surface area contributed by atoms with Gasteiger partial charge in [-0.05, 0) is 72.8 Å². The van der Waals surface area contributed by atoms with Crippen LogP contribution in [0.25, 0.3) is 0 Å². The molecule has 8 heteroatoms. The van der Waals surface area contributed by atoms with Gasteiger partial charge in [-0.25, -0.2) is 8.42 Å². The molecule has 0 aliphatic heterocycles. The van der Waals surface area contributed by atoms with Gasteiger partial charge in [-0.2, -0.15) is 0 Å². The third-order valence-corrected chi connectivity index (χ3v) is 6.44. The van der Waals surface area contributed by atoms with Crippen molar-refractivity contribution in [1.29, 1.82) is 0 Å². The molecule has 162 valence electrons. The minimum Gasteiger partial charge on any atom is -0.457 e. The first-order chi connectivity index (χ1) is 15.3. The Hall–Kier alpha value is -4.17. The Balaban J connectivity index is 1.49. The molecule has 0 fully saturated rings. The molecule has 0 aliphatic rings. The minimum atomic E-state index is -3.70. The lowest BCUT2D eigenvalue weighted by molar-refractivity contribution is 0.482. The fourth-order valence-electron chi connectivity index (χ4n) is 2.98. The number of sulfone groups is 1. The highest BCUT2D eigenvalue weighted by atomic mass is 32.2. The van der Waals surface area contributed by atoms with Gasteiger partial charge in [0.15, 0.2) is 0 Å². The van der Waals surface area contributed by atoms with Crippen molar-refractivity contribution in [3.05, 3.63) is 91.0 Å². The lowest BCUT2D eigenvalue weighted by atomic mass is 10.2. The SMILES string of the molecule is Nc1cccc(Oc2ccc(S(=O)(=O)c3ccc(Oc4ccc(N)c(N)c4)cc3)cc2)c1.